The predicted octanol–water partition coefficient (Wildman–Crippen LogP) is 1.07. The van der Waals surface area contributed by atoms with E-state index < -0.39 is 12.0 Å². The maximum Gasteiger partial charge on any atom is 0.322 e. The van der Waals surface area contributed by atoms with Gasteiger partial charge in [0.1, 0.15) is 6.04 Å². The fourth-order valence-corrected chi connectivity index (χ4v) is 2.09. The Morgan fingerprint density at radius 2 is 2.00 bits per heavy atom. The number of carbonyl (C=O) groups excluding carboxylic acids is 1. The van der Waals surface area contributed by atoms with Gasteiger partial charge in [0.15, 0.2) is 0 Å². The third kappa shape index (κ3) is 2.47. The lowest BCUT2D eigenvalue weighted by atomic mass is 10.1. The second kappa shape index (κ2) is 4.96. The highest BCUT2D eigenvalue weighted by Gasteiger charge is 2.34. The number of carboxylic acid groups (broad SMARTS) is 1. The van der Waals surface area contributed by atoms with E-state index >= 15 is 0 Å². The zero-order valence-corrected chi connectivity index (χ0v) is 10.6. The molecule has 1 N–H and O–H groups in total. The van der Waals surface area contributed by atoms with Gasteiger partial charge >= 0.3 is 5.97 Å². The van der Waals surface area contributed by atoms with Gasteiger partial charge in [-0.15, -0.1) is 0 Å². The smallest absolute Gasteiger partial charge is 0.322 e. The van der Waals surface area contributed by atoms with E-state index in [2.05, 4.69) is 0 Å². The van der Waals surface area contributed by atoms with E-state index in [-0.39, 0.29) is 19.0 Å². The minimum absolute atomic E-state index is 0.0968. The van der Waals surface area contributed by atoms with Crippen molar-refractivity contribution in [3.63, 3.8) is 0 Å². The van der Waals surface area contributed by atoms with Crippen LogP contribution in [-0.2, 0) is 9.59 Å². The number of carbonyl (C=O) groups is 2. The van der Waals surface area contributed by atoms with Crippen LogP contribution in [-0.4, -0.2) is 48.1 Å². The van der Waals surface area contributed by atoms with Crippen LogP contribution in [0, 0.1) is 0 Å². The van der Waals surface area contributed by atoms with Gasteiger partial charge in [-0.3, -0.25) is 14.5 Å². The SMILES string of the molecule is CN1CC(=O)N(c2ccc(Cl)cc2)CC1C(=O)O. The zero-order chi connectivity index (χ0) is 13.3. The van der Waals surface area contributed by atoms with Crippen LogP contribution in [0.2, 0.25) is 5.02 Å². The van der Waals surface area contributed by atoms with E-state index in [4.69, 9.17) is 16.7 Å². The predicted molar refractivity (Wildman–Crippen MR) is 67.9 cm³/mol. The average molecular weight is 269 g/mol. The molecule has 18 heavy (non-hydrogen) atoms. The normalized spacial score (nSPS) is 21.1. The zero-order valence-electron chi connectivity index (χ0n) is 9.84. The van der Waals surface area contributed by atoms with Gasteiger partial charge in [-0.2, -0.15) is 0 Å². The van der Waals surface area contributed by atoms with E-state index in [9.17, 15) is 9.59 Å². The second-order valence-corrected chi connectivity index (χ2v) is 4.69. The molecule has 1 heterocycles. The van der Waals surface area contributed by atoms with Crippen molar-refractivity contribution >= 4 is 29.2 Å². The van der Waals surface area contributed by atoms with Crippen molar-refractivity contribution < 1.29 is 14.7 Å². The van der Waals surface area contributed by atoms with Crippen LogP contribution in [0.15, 0.2) is 24.3 Å². The molecule has 2 rings (SSSR count). The van der Waals surface area contributed by atoms with E-state index in [1.54, 1.807) is 31.3 Å². The average Bonchev–Trinajstić information content (AvgIpc) is 2.30. The van der Waals surface area contributed by atoms with Gasteiger partial charge in [0.25, 0.3) is 0 Å². The summed E-state index contributed by atoms with van der Waals surface area (Å²) in [7, 11) is 1.63. The van der Waals surface area contributed by atoms with Gasteiger partial charge in [-0.25, -0.2) is 0 Å². The summed E-state index contributed by atoms with van der Waals surface area (Å²) in [6, 6.07) is 6.10. The van der Waals surface area contributed by atoms with Crippen molar-refractivity contribution in [2.75, 3.05) is 25.0 Å². The summed E-state index contributed by atoms with van der Waals surface area (Å²) in [4.78, 5) is 26.0. The summed E-state index contributed by atoms with van der Waals surface area (Å²) >= 11 is 5.78. The Hall–Kier alpha value is -1.59. The second-order valence-electron chi connectivity index (χ2n) is 4.25. The minimum Gasteiger partial charge on any atom is -0.480 e. The number of hydrogen-bond donors (Lipinski definition) is 1. The highest BCUT2D eigenvalue weighted by molar-refractivity contribution is 6.30. The van der Waals surface area contributed by atoms with Crippen molar-refractivity contribution in [2.45, 2.75) is 6.04 Å². The molecule has 0 saturated carbocycles. The quantitative estimate of drug-likeness (QED) is 0.872. The molecular formula is C12H13ClN2O3. The maximum absolute atomic E-state index is 11.9. The summed E-state index contributed by atoms with van der Waals surface area (Å²) in [5.41, 5.74) is 0.670. The number of piperazine rings is 1. The molecule has 1 aliphatic heterocycles. The molecular weight excluding hydrogens is 256 g/mol. The van der Waals surface area contributed by atoms with Crippen molar-refractivity contribution in [1.82, 2.24) is 4.90 Å². The summed E-state index contributed by atoms with van der Waals surface area (Å²) in [6.07, 6.45) is 0. The molecule has 1 aromatic rings. The molecule has 0 aromatic heterocycles. The van der Waals surface area contributed by atoms with Crippen molar-refractivity contribution in [3.8, 4) is 0 Å². The molecule has 1 saturated heterocycles. The molecule has 1 unspecified atom stereocenters. The Labute approximate surface area is 110 Å². The molecule has 0 bridgehead atoms. The minimum atomic E-state index is -0.927. The number of benzene rings is 1. The molecule has 1 fully saturated rings. The lowest BCUT2D eigenvalue weighted by Crippen LogP contribution is -2.57. The number of aliphatic carboxylic acids is 1. The topological polar surface area (TPSA) is 60.9 Å². The first kappa shape index (κ1) is 12.9. The van der Waals surface area contributed by atoms with E-state index in [1.807, 2.05) is 0 Å². The summed E-state index contributed by atoms with van der Waals surface area (Å²) < 4.78 is 0. The van der Waals surface area contributed by atoms with Crippen LogP contribution >= 0.6 is 11.6 Å². The fraction of sp³-hybridized carbons (Fsp3) is 0.333. The largest absolute Gasteiger partial charge is 0.480 e. The third-order valence-corrected chi connectivity index (χ3v) is 3.25. The van der Waals surface area contributed by atoms with Gasteiger partial charge in [-0.1, -0.05) is 11.6 Å². The van der Waals surface area contributed by atoms with Crippen molar-refractivity contribution in [1.29, 1.82) is 0 Å². The molecule has 1 aromatic carbocycles. The van der Waals surface area contributed by atoms with Crippen molar-refractivity contribution in [3.05, 3.63) is 29.3 Å². The number of rotatable bonds is 2. The number of halogens is 1. The molecule has 0 aliphatic carbocycles. The molecule has 1 aliphatic rings. The molecule has 0 radical (unpaired) electrons. The van der Waals surface area contributed by atoms with Gasteiger partial charge in [0.2, 0.25) is 5.91 Å². The van der Waals surface area contributed by atoms with E-state index in [0.717, 1.165) is 0 Å². The Bertz CT molecular complexity index is 475. The number of anilines is 1. The lowest BCUT2D eigenvalue weighted by molar-refractivity contribution is -0.144. The summed E-state index contributed by atoms with van der Waals surface area (Å²) in [6.45, 7) is 0.242. The van der Waals surface area contributed by atoms with E-state index in [0.29, 0.717) is 10.7 Å². The number of hydrogen-bond acceptors (Lipinski definition) is 3. The van der Waals surface area contributed by atoms with Crippen LogP contribution in [0.5, 0.6) is 0 Å². The Morgan fingerprint density at radius 1 is 1.39 bits per heavy atom. The molecule has 0 spiro atoms. The summed E-state index contributed by atoms with van der Waals surface area (Å²) in [5.74, 6) is -1.04. The van der Waals surface area contributed by atoms with Crippen LogP contribution in [0.4, 0.5) is 5.69 Å². The first-order chi connectivity index (χ1) is 8.49. The third-order valence-electron chi connectivity index (χ3n) is 3.00. The van der Waals surface area contributed by atoms with Gasteiger partial charge < -0.3 is 10.0 Å². The van der Waals surface area contributed by atoms with Crippen molar-refractivity contribution in [2.24, 2.45) is 0 Å². The van der Waals surface area contributed by atoms with Crippen LogP contribution < -0.4 is 4.90 Å². The maximum atomic E-state index is 11.9. The molecule has 1 atom stereocenters. The van der Waals surface area contributed by atoms with Gasteiger partial charge in [-0.05, 0) is 31.3 Å². The van der Waals surface area contributed by atoms with Gasteiger partial charge in [0.05, 0.1) is 13.1 Å². The highest BCUT2D eigenvalue weighted by Crippen LogP contribution is 2.21. The van der Waals surface area contributed by atoms with E-state index in [1.165, 1.54) is 9.80 Å². The van der Waals surface area contributed by atoms with Crippen LogP contribution in [0.1, 0.15) is 0 Å². The standard InChI is InChI=1S/C12H13ClN2O3/c1-14-7-11(16)15(6-10(14)12(17)18)9-4-2-8(13)3-5-9/h2-5,10H,6-7H2,1H3,(H,17,18). The number of likely N-dealkylation sites (N-methyl/N-ethyl adjacent to an activating group) is 1. The first-order valence-corrected chi connectivity index (χ1v) is 5.86. The van der Waals surface area contributed by atoms with Gasteiger partial charge in [0, 0.05) is 10.7 Å². The summed E-state index contributed by atoms with van der Waals surface area (Å²) in [5, 5.41) is 9.68. The first-order valence-electron chi connectivity index (χ1n) is 5.48. The molecule has 5 nitrogen and oxygen atoms in total. The Kier molecular flexibility index (Phi) is 3.54. The lowest BCUT2D eigenvalue weighted by Gasteiger charge is -2.36. The fourth-order valence-electron chi connectivity index (χ4n) is 1.96. The Balaban J connectivity index is 2.24. The monoisotopic (exact) mass is 268 g/mol. The molecule has 1 amide bonds. The number of nitrogens with zero attached hydrogens (tertiary/aromatic N) is 2. The number of amides is 1. The van der Waals surface area contributed by atoms with Crippen LogP contribution in [0.3, 0.4) is 0 Å². The number of carboxylic acids is 1. The highest BCUT2D eigenvalue weighted by atomic mass is 35.5. The molecule has 96 valence electrons. The molecule has 6 heteroatoms. The van der Waals surface area contributed by atoms with Crippen LogP contribution in [0.25, 0.3) is 0 Å². The Morgan fingerprint density at radius 3 is 2.56 bits per heavy atom.